The van der Waals surface area contributed by atoms with Crippen molar-refractivity contribution in [1.29, 1.82) is 0 Å². The number of nitrogens with zero attached hydrogens (tertiary/aromatic N) is 1. The minimum Gasteiger partial charge on any atom is -0.377 e. The van der Waals surface area contributed by atoms with Gasteiger partial charge in [0.2, 0.25) is 5.91 Å². The Bertz CT molecular complexity index is 233. The van der Waals surface area contributed by atoms with Crippen molar-refractivity contribution < 1.29 is 9.53 Å². The number of carbonyl (C=O) groups excluding carboxylic acids is 1. The highest BCUT2D eigenvalue weighted by molar-refractivity contribution is 5.76. The fourth-order valence-electron chi connectivity index (χ4n) is 2.16. The van der Waals surface area contributed by atoms with Crippen LogP contribution >= 0.6 is 0 Å². The van der Waals surface area contributed by atoms with Crippen LogP contribution in [-0.4, -0.2) is 50.2 Å². The molecule has 1 fully saturated rings. The number of carbonyl (C=O) groups is 1. The van der Waals surface area contributed by atoms with Crippen LogP contribution in [0.15, 0.2) is 0 Å². The van der Waals surface area contributed by atoms with E-state index in [0.29, 0.717) is 6.42 Å². The summed E-state index contributed by atoms with van der Waals surface area (Å²) in [5.41, 5.74) is -0.142. The van der Waals surface area contributed by atoms with Gasteiger partial charge in [0.15, 0.2) is 0 Å². The van der Waals surface area contributed by atoms with E-state index >= 15 is 0 Å². The largest absolute Gasteiger partial charge is 0.377 e. The highest BCUT2D eigenvalue weighted by Gasteiger charge is 2.32. The molecule has 0 aromatic carbocycles. The normalized spacial score (nSPS) is 25.8. The monoisotopic (exact) mass is 228 g/mol. The van der Waals surface area contributed by atoms with Crippen LogP contribution in [0, 0.1) is 0 Å². The molecule has 0 radical (unpaired) electrons. The SMILES string of the molecule is CNCCCC(=O)N1CCCC(C)(OC)C1. The van der Waals surface area contributed by atoms with E-state index in [-0.39, 0.29) is 11.5 Å². The Morgan fingerprint density at radius 1 is 1.56 bits per heavy atom. The third-order valence-electron chi connectivity index (χ3n) is 3.32. The minimum absolute atomic E-state index is 0.142. The summed E-state index contributed by atoms with van der Waals surface area (Å²) >= 11 is 0. The molecule has 0 aliphatic carbocycles. The lowest BCUT2D eigenvalue weighted by Gasteiger charge is -2.39. The zero-order valence-electron chi connectivity index (χ0n) is 10.7. The summed E-state index contributed by atoms with van der Waals surface area (Å²) in [7, 11) is 3.64. The first-order valence-electron chi connectivity index (χ1n) is 6.09. The predicted octanol–water partition coefficient (Wildman–Crippen LogP) is 1.01. The highest BCUT2D eigenvalue weighted by atomic mass is 16.5. The van der Waals surface area contributed by atoms with E-state index in [1.807, 2.05) is 11.9 Å². The van der Waals surface area contributed by atoms with Gasteiger partial charge in [-0.15, -0.1) is 0 Å². The number of hydrogen-bond acceptors (Lipinski definition) is 3. The average Bonchev–Trinajstić information content (AvgIpc) is 2.29. The Morgan fingerprint density at radius 3 is 2.94 bits per heavy atom. The molecule has 1 amide bonds. The van der Waals surface area contributed by atoms with Gasteiger partial charge in [0.05, 0.1) is 5.60 Å². The van der Waals surface area contributed by atoms with Gasteiger partial charge in [-0.25, -0.2) is 0 Å². The standard InChI is InChI=1S/C12H24N2O2/c1-12(16-3)7-5-9-14(10-12)11(15)6-4-8-13-2/h13H,4-10H2,1-3H3. The molecule has 1 unspecified atom stereocenters. The van der Waals surface area contributed by atoms with Crippen molar-refractivity contribution >= 4 is 5.91 Å². The van der Waals surface area contributed by atoms with Gasteiger partial charge in [-0.3, -0.25) is 4.79 Å². The van der Waals surface area contributed by atoms with Gasteiger partial charge in [-0.05, 0) is 39.8 Å². The van der Waals surface area contributed by atoms with Gasteiger partial charge < -0.3 is 15.0 Å². The lowest BCUT2D eigenvalue weighted by atomic mass is 9.94. The Labute approximate surface area is 98.3 Å². The van der Waals surface area contributed by atoms with Crippen molar-refractivity contribution in [2.24, 2.45) is 0 Å². The molecule has 4 nitrogen and oxygen atoms in total. The minimum atomic E-state index is -0.142. The molecular formula is C12H24N2O2. The Hall–Kier alpha value is -0.610. The van der Waals surface area contributed by atoms with Crippen molar-refractivity contribution in [3.05, 3.63) is 0 Å². The van der Waals surface area contributed by atoms with Gasteiger partial charge in [0.1, 0.15) is 0 Å². The maximum atomic E-state index is 11.9. The fraction of sp³-hybridized carbons (Fsp3) is 0.917. The van der Waals surface area contributed by atoms with Crippen LogP contribution in [-0.2, 0) is 9.53 Å². The first kappa shape index (κ1) is 13.5. The number of rotatable bonds is 5. The first-order valence-corrected chi connectivity index (χ1v) is 6.09. The summed E-state index contributed by atoms with van der Waals surface area (Å²) < 4.78 is 5.48. The van der Waals surface area contributed by atoms with Crippen molar-refractivity contribution in [3.63, 3.8) is 0 Å². The van der Waals surface area contributed by atoms with Crippen LogP contribution in [0.3, 0.4) is 0 Å². The number of amides is 1. The van der Waals surface area contributed by atoms with E-state index in [9.17, 15) is 4.79 Å². The van der Waals surface area contributed by atoms with Crippen molar-refractivity contribution in [3.8, 4) is 0 Å². The summed E-state index contributed by atoms with van der Waals surface area (Å²) in [6.07, 6.45) is 3.64. The molecule has 1 rings (SSSR count). The van der Waals surface area contributed by atoms with Crippen LogP contribution in [0.1, 0.15) is 32.6 Å². The number of methoxy groups -OCH3 is 1. The second kappa shape index (κ2) is 6.21. The zero-order chi connectivity index (χ0) is 12.0. The molecule has 16 heavy (non-hydrogen) atoms. The van der Waals surface area contributed by atoms with Crippen molar-refractivity contribution in [2.45, 2.75) is 38.2 Å². The quantitative estimate of drug-likeness (QED) is 0.714. The Kier molecular flexibility index (Phi) is 5.22. The van der Waals surface area contributed by atoms with E-state index < -0.39 is 0 Å². The fourth-order valence-corrected chi connectivity index (χ4v) is 2.16. The van der Waals surface area contributed by atoms with Crippen LogP contribution < -0.4 is 5.32 Å². The smallest absolute Gasteiger partial charge is 0.222 e. The molecule has 1 aliphatic heterocycles. The molecule has 4 heteroatoms. The first-order chi connectivity index (χ1) is 7.61. The predicted molar refractivity (Wildman–Crippen MR) is 64.4 cm³/mol. The Balaban J connectivity index is 2.38. The highest BCUT2D eigenvalue weighted by Crippen LogP contribution is 2.24. The maximum absolute atomic E-state index is 11.9. The van der Waals surface area contributed by atoms with Crippen molar-refractivity contribution in [1.82, 2.24) is 10.2 Å². The summed E-state index contributed by atoms with van der Waals surface area (Å²) in [6, 6.07) is 0. The van der Waals surface area contributed by atoms with Crippen LogP contribution in [0.25, 0.3) is 0 Å². The second-order valence-corrected chi connectivity index (χ2v) is 4.78. The molecule has 1 N–H and O–H groups in total. The molecular weight excluding hydrogens is 204 g/mol. The topological polar surface area (TPSA) is 41.6 Å². The van der Waals surface area contributed by atoms with Gasteiger partial charge in [-0.1, -0.05) is 0 Å². The molecule has 0 bridgehead atoms. The number of hydrogen-bond donors (Lipinski definition) is 1. The Morgan fingerprint density at radius 2 is 2.31 bits per heavy atom. The molecule has 94 valence electrons. The lowest BCUT2D eigenvalue weighted by molar-refractivity contribution is -0.139. The third kappa shape index (κ3) is 3.76. The molecule has 0 aromatic heterocycles. The molecule has 1 aliphatic rings. The van der Waals surface area contributed by atoms with Crippen molar-refractivity contribution in [2.75, 3.05) is 33.8 Å². The van der Waals surface area contributed by atoms with Gasteiger partial charge in [0.25, 0.3) is 0 Å². The lowest BCUT2D eigenvalue weighted by Crippen LogP contribution is -2.49. The third-order valence-corrected chi connectivity index (χ3v) is 3.32. The van der Waals surface area contributed by atoms with Gasteiger partial charge in [0, 0.05) is 26.6 Å². The van der Waals surface area contributed by atoms with Gasteiger partial charge >= 0.3 is 0 Å². The number of nitrogens with one attached hydrogen (secondary N) is 1. The number of likely N-dealkylation sites (tertiary alicyclic amines) is 1. The summed E-state index contributed by atoms with van der Waals surface area (Å²) in [5, 5.41) is 3.06. The van der Waals surface area contributed by atoms with E-state index in [4.69, 9.17) is 4.74 Å². The summed E-state index contributed by atoms with van der Waals surface area (Å²) in [4.78, 5) is 13.9. The van der Waals surface area contributed by atoms with E-state index in [0.717, 1.165) is 38.9 Å². The molecule has 1 saturated heterocycles. The molecule has 0 aromatic rings. The van der Waals surface area contributed by atoms with Gasteiger partial charge in [-0.2, -0.15) is 0 Å². The molecule has 0 spiro atoms. The average molecular weight is 228 g/mol. The number of ether oxygens (including phenoxy) is 1. The summed E-state index contributed by atoms with van der Waals surface area (Å²) in [6.45, 7) is 4.61. The van der Waals surface area contributed by atoms with Crippen LogP contribution in [0.4, 0.5) is 0 Å². The summed E-state index contributed by atoms with van der Waals surface area (Å²) in [5.74, 6) is 0.262. The molecule has 1 atom stereocenters. The second-order valence-electron chi connectivity index (χ2n) is 4.78. The van der Waals surface area contributed by atoms with E-state index in [1.54, 1.807) is 7.11 Å². The van der Waals surface area contributed by atoms with Crippen LogP contribution in [0.2, 0.25) is 0 Å². The van der Waals surface area contributed by atoms with E-state index in [1.165, 1.54) is 0 Å². The molecule has 0 saturated carbocycles. The molecule has 1 heterocycles. The van der Waals surface area contributed by atoms with E-state index in [2.05, 4.69) is 12.2 Å². The van der Waals surface area contributed by atoms with Crippen LogP contribution in [0.5, 0.6) is 0 Å². The maximum Gasteiger partial charge on any atom is 0.222 e. The number of piperidine rings is 1. The zero-order valence-corrected chi connectivity index (χ0v) is 10.7.